The van der Waals surface area contributed by atoms with Crippen molar-refractivity contribution in [1.29, 1.82) is 0 Å². The second-order valence-electron chi connectivity index (χ2n) is 4.28. The highest BCUT2D eigenvalue weighted by Crippen LogP contribution is 2.32. The van der Waals surface area contributed by atoms with Crippen LogP contribution in [0.1, 0.15) is 11.1 Å². The van der Waals surface area contributed by atoms with Crippen LogP contribution in [0.5, 0.6) is 5.75 Å². The monoisotopic (exact) mass is 297 g/mol. The first-order valence-electron chi connectivity index (χ1n) is 5.95. The van der Waals surface area contributed by atoms with Crippen molar-refractivity contribution in [1.82, 2.24) is 0 Å². The Morgan fingerprint density at radius 3 is 1.95 bits per heavy atom. The quantitative estimate of drug-likeness (QED) is 0.503. The van der Waals surface area contributed by atoms with E-state index in [1.54, 1.807) is 30.3 Å². The van der Waals surface area contributed by atoms with Crippen LogP contribution in [-0.4, -0.2) is 5.11 Å². The van der Waals surface area contributed by atoms with Gasteiger partial charge in [0.05, 0.1) is 0 Å². The molecular formula is C15H11F4NO. The fourth-order valence-electron chi connectivity index (χ4n) is 1.74. The van der Waals surface area contributed by atoms with Gasteiger partial charge in [-0.05, 0) is 11.1 Å². The minimum Gasteiger partial charge on any atom is -0.503 e. The molecule has 2 nitrogen and oxygen atoms in total. The zero-order valence-electron chi connectivity index (χ0n) is 10.8. The molecule has 0 spiro atoms. The molecule has 2 rings (SSSR count). The van der Waals surface area contributed by atoms with Crippen LogP contribution in [0.3, 0.4) is 0 Å². The van der Waals surface area contributed by atoms with Crippen LogP contribution in [0, 0.1) is 23.3 Å². The smallest absolute Gasteiger partial charge is 0.205 e. The molecule has 2 aromatic rings. The van der Waals surface area contributed by atoms with Crippen LogP contribution in [-0.2, 0) is 6.54 Å². The predicted molar refractivity (Wildman–Crippen MR) is 71.8 cm³/mol. The topological polar surface area (TPSA) is 32.3 Å². The highest BCUT2D eigenvalue weighted by Gasteiger charge is 2.24. The Morgan fingerprint density at radius 1 is 0.952 bits per heavy atom. The van der Waals surface area contributed by atoms with Gasteiger partial charge in [0.15, 0.2) is 17.4 Å². The summed E-state index contributed by atoms with van der Waals surface area (Å²) < 4.78 is 53.4. The number of anilines is 1. The number of phenolic OH excluding ortho intramolecular Hbond substituents is 1. The maximum absolute atomic E-state index is 13.5. The SMILES string of the molecule is C=Cc1ccc(CNc2c(F)c(F)c(O)c(F)c2F)cc1. The Kier molecular flexibility index (Phi) is 4.16. The van der Waals surface area contributed by atoms with Crippen molar-refractivity contribution < 1.29 is 22.7 Å². The molecule has 0 saturated heterocycles. The molecule has 0 saturated carbocycles. The summed E-state index contributed by atoms with van der Waals surface area (Å²) >= 11 is 0. The van der Waals surface area contributed by atoms with Crippen LogP contribution in [0.2, 0.25) is 0 Å². The predicted octanol–water partition coefficient (Wildman–Crippen LogP) is 4.20. The van der Waals surface area contributed by atoms with Gasteiger partial charge in [0.1, 0.15) is 5.69 Å². The Labute approximate surface area is 118 Å². The highest BCUT2D eigenvalue weighted by molar-refractivity contribution is 5.52. The summed E-state index contributed by atoms with van der Waals surface area (Å²) in [6, 6.07) is 6.81. The van der Waals surface area contributed by atoms with E-state index < -0.39 is 34.7 Å². The first kappa shape index (κ1) is 14.9. The molecule has 0 aromatic heterocycles. The molecule has 0 fully saturated rings. The number of aromatic hydroxyl groups is 1. The number of benzene rings is 2. The zero-order valence-corrected chi connectivity index (χ0v) is 10.8. The van der Waals surface area contributed by atoms with Gasteiger partial charge in [-0.2, -0.15) is 8.78 Å². The maximum Gasteiger partial charge on any atom is 0.205 e. The molecule has 0 amide bonds. The van der Waals surface area contributed by atoms with Crippen LogP contribution >= 0.6 is 0 Å². The van der Waals surface area contributed by atoms with Crippen LogP contribution < -0.4 is 5.32 Å². The molecular weight excluding hydrogens is 286 g/mol. The van der Waals surface area contributed by atoms with E-state index in [9.17, 15) is 17.6 Å². The molecule has 6 heteroatoms. The molecule has 21 heavy (non-hydrogen) atoms. The molecule has 2 aromatic carbocycles. The lowest BCUT2D eigenvalue weighted by molar-refractivity contribution is 0.358. The third-order valence-corrected chi connectivity index (χ3v) is 2.92. The van der Waals surface area contributed by atoms with Gasteiger partial charge in [0.2, 0.25) is 11.6 Å². The summed E-state index contributed by atoms with van der Waals surface area (Å²) in [5, 5.41) is 11.1. The summed E-state index contributed by atoms with van der Waals surface area (Å²) in [5.74, 6) is -8.69. The first-order chi connectivity index (χ1) is 9.95. The Bertz CT molecular complexity index is 654. The number of nitrogens with one attached hydrogen (secondary N) is 1. The summed E-state index contributed by atoms with van der Waals surface area (Å²) in [7, 11) is 0. The number of hydrogen-bond acceptors (Lipinski definition) is 2. The average Bonchev–Trinajstić information content (AvgIpc) is 2.51. The molecule has 0 aliphatic heterocycles. The summed E-state index contributed by atoms with van der Waals surface area (Å²) in [5.41, 5.74) is 0.543. The Hall–Kier alpha value is -2.50. The van der Waals surface area contributed by atoms with Crippen molar-refractivity contribution in [2.24, 2.45) is 0 Å². The molecule has 2 N–H and O–H groups in total. The largest absolute Gasteiger partial charge is 0.503 e. The number of halogens is 4. The summed E-state index contributed by atoms with van der Waals surface area (Å²) in [6.07, 6.45) is 1.63. The van der Waals surface area contributed by atoms with Crippen molar-refractivity contribution in [2.75, 3.05) is 5.32 Å². The van der Waals surface area contributed by atoms with E-state index in [1.807, 2.05) is 0 Å². The van der Waals surface area contributed by atoms with E-state index >= 15 is 0 Å². The van der Waals surface area contributed by atoms with Crippen molar-refractivity contribution in [3.63, 3.8) is 0 Å². The van der Waals surface area contributed by atoms with E-state index in [0.717, 1.165) is 5.56 Å². The molecule has 110 valence electrons. The molecule has 0 radical (unpaired) electrons. The average molecular weight is 297 g/mol. The van der Waals surface area contributed by atoms with Gasteiger partial charge in [0, 0.05) is 6.54 Å². The Morgan fingerprint density at radius 2 is 1.48 bits per heavy atom. The molecule has 0 bridgehead atoms. The van der Waals surface area contributed by atoms with Gasteiger partial charge in [-0.3, -0.25) is 0 Å². The minimum atomic E-state index is -1.83. The summed E-state index contributed by atoms with van der Waals surface area (Å²) in [6.45, 7) is 3.54. The fraction of sp³-hybridized carbons (Fsp3) is 0.0667. The number of phenols is 1. The minimum absolute atomic E-state index is 0.0467. The van der Waals surface area contributed by atoms with Gasteiger partial charge < -0.3 is 10.4 Å². The van der Waals surface area contributed by atoms with Gasteiger partial charge in [0.25, 0.3) is 0 Å². The van der Waals surface area contributed by atoms with Crippen molar-refractivity contribution >= 4 is 11.8 Å². The standard InChI is InChI=1S/C15H11F4NO/c1-2-8-3-5-9(6-4-8)7-20-14-10(16)12(18)15(21)13(19)11(14)17/h2-6,20-21H,1,7H2. The van der Waals surface area contributed by atoms with E-state index in [0.29, 0.717) is 5.56 Å². The van der Waals surface area contributed by atoms with Crippen molar-refractivity contribution in [3.05, 3.63) is 65.2 Å². The fourth-order valence-corrected chi connectivity index (χ4v) is 1.74. The third kappa shape index (κ3) is 2.84. The Balaban J connectivity index is 2.25. The molecule has 0 aliphatic rings. The van der Waals surface area contributed by atoms with Gasteiger partial charge in [-0.1, -0.05) is 36.9 Å². The molecule has 0 heterocycles. The van der Waals surface area contributed by atoms with Crippen LogP contribution in [0.4, 0.5) is 23.2 Å². The van der Waals surface area contributed by atoms with Crippen LogP contribution in [0.25, 0.3) is 6.08 Å². The highest BCUT2D eigenvalue weighted by atomic mass is 19.2. The lowest BCUT2D eigenvalue weighted by Gasteiger charge is -2.11. The van der Waals surface area contributed by atoms with Gasteiger partial charge in [-0.15, -0.1) is 0 Å². The second-order valence-corrected chi connectivity index (χ2v) is 4.28. The summed E-state index contributed by atoms with van der Waals surface area (Å²) in [4.78, 5) is 0. The third-order valence-electron chi connectivity index (χ3n) is 2.92. The van der Waals surface area contributed by atoms with Gasteiger partial charge in [-0.25, -0.2) is 8.78 Å². The lowest BCUT2D eigenvalue weighted by Crippen LogP contribution is -2.07. The number of hydrogen-bond donors (Lipinski definition) is 2. The second kappa shape index (κ2) is 5.87. The number of rotatable bonds is 4. The van der Waals surface area contributed by atoms with Crippen molar-refractivity contribution in [2.45, 2.75) is 6.54 Å². The molecule has 0 unspecified atom stereocenters. The van der Waals surface area contributed by atoms with E-state index in [-0.39, 0.29) is 6.54 Å². The van der Waals surface area contributed by atoms with E-state index in [2.05, 4.69) is 11.9 Å². The molecule has 0 atom stereocenters. The maximum atomic E-state index is 13.5. The van der Waals surface area contributed by atoms with Crippen molar-refractivity contribution in [3.8, 4) is 5.75 Å². The normalized spacial score (nSPS) is 10.5. The van der Waals surface area contributed by atoms with E-state index in [1.165, 1.54) is 0 Å². The molecule has 0 aliphatic carbocycles. The zero-order chi connectivity index (χ0) is 15.6. The first-order valence-corrected chi connectivity index (χ1v) is 5.95. The van der Waals surface area contributed by atoms with E-state index in [4.69, 9.17) is 5.11 Å². The van der Waals surface area contributed by atoms with Crippen LogP contribution in [0.15, 0.2) is 30.8 Å². The lowest BCUT2D eigenvalue weighted by atomic mass is 10.1. The van der Waals surface area contributed by atoms with Gasteiger partial charge >= 0.3 is 0 Å².